The van der Waals surface area contributed by atoms with Crippen LogP contribution in [-0.4, -0.2) is 22.9 Å². The number of amides is 1. The SMILES string of the molecule is CNC(=O)c1ccc(Sc2ncccn2)c(N)c1. The zero-order chi connectivity index (χ0) is 13.0. The summed E-state index contributed by atoms with van der Waals surface area (Å²) in [4.78, 5) is 20.5. The summed E-state index contributed by atoms with van der Waals surface area (Å²) in [6.07, 6.45) is 3.34. The largest absolute Gasteiger partial charge is 0.398 e. The average molecular weight is 260 g/mol. The van der Waals surface area contributed by atoms with Gasteiger partial charge in [-0.1, -0.05) is 0 Å². The van der Waals surface area contributed by atoms with Crippen LogP contribution in [0.5, 0.6) is 0 Å². The molecule has 0 aliphatic rings. The number of rotatable bonds is 3. The Hall–Kier alpha value is -2.08. The van der Waals surface area contributed by atoms with Crippen LogP contribution in [0.2, 0.25) is 0 Å². The third-order valence-electron chi connectivity index (χ3n) is 2.24. The lowest BCUT2D eigenvalue weighted by Gasteiger charge is -2.06. The van der Waals surface area contributed by atoms with Crippen LogP contribution in [0.4, 0.5) is 5.69 Å². The molecule has 18 heavy (non-hydrogen) atoms. The van der Waals surface area contributed by atoms with E-state index in [0.29, 0.717) is 16.4 Å². The Kier molecular flexibility index (Phi) is 3.78. The molecule has 0 aliphatic carbocycles. The maximum atomic E-state index is 11.4. The number of nitrogen functional groups attached to an aromatic ring is 1. The predicted octanol–water partition coefficient (Wildman–Crippen LogP) is 1.57. The number of nitrogens with two attached hydrogens (primary N) is 1. The van der Waals surface area contributed by atoms with E-state index in [-0.39, 0.29) is 5.91 Å². The van der Waals surface area contributed by atoms with Gasteiger partial charge in [-0.15, -0.1) is 0 Å². The molecule has 1 aromatic carbocycles. The van der Waals surface area contributed by atoms with Crippen LogP contribution >= 0.6 is 11.8 Å². The van der Waals surface area contributed by atoms with Gasteiger partial charge >= 0.3 is 0 Å². The summed E-state index contributed by atoms with van der Waals surface area (Å²) in [6, 6.07) is 6.91. The molecule has 0 saturated carbocycles. The van der Waals surface area contributed by atoms with Crippen LogP contribution in [0.25, 0.3) is 0 Å². The first-order chi connectivity index (χ1) is 8.70. The minimum absolute atomic E-state index is 0.158. The van der Waals surface area contributed by atoms with Gasteiger partial charge in [0.05, 0.1) is 0 Å². The fraction of sp³-hybridized carbons (Fsp3) is 0.0833. The second-order valence-corrected chi connectivity index (χ2v) is 4.47. The average Bonchev–Trinajstić information content (AvgIpc) is 2.41. The van der Waals surface area contributed by atoms with E-state index in [4.69, 9.17) is 5.73 Å². The van der Waals surface area contributed by atoms with Crippen molar-refractivity contribution in [3.05, 3.63) is 42.2 Å². The molecule has 1 heterocycles. The van der Waals surface area contributed by atoms with Crippen molar-refractivity contribution in [3.8, 4) is 0 Å². The van der Waals surface area contributed by atoms with Gasteiger partial charge in [-0.05, 0) is 36.0 Å². The number of aromatic nitrogens is 2. The van der Waals surface area contributed by atoms with Gasteiger partial charge < -0.3 is 11.1 Å². The van der Waals surface area contributed by atoms with Gasteiger partial charge in [0.1, 0.15) is 0 Å². The highest BCUT2D eigenvalue weighted by molar-refractivity contribution is 7.99. The molecular weight excluding hydrogens is 248 g/mol. The van der Waals surface area contributed by atoms with Gasteiger partial charge in [-0.25, -0.2) is 9.97 Å². The first-order valence-electron chi connectivity index (χ1n) is 5.27. The summed E-state index contributed by atoms with van der Waals surface area (Å²) < 4.78 is 0. The normalized spacial score (nSPS) is 10.1. The zero-order valence-electron chi connectivity index (χ0n) is 9.75. The smallest absolute Gasteiger partial charge is 0.251 e. The molecule has 0 aliphatic heterocycles. The summed E-state index contributed by atoms with van der Waals surface area (Å²) in [6.45, 7) is 0. The molecule has 2 rings (SSSR count). The molecule has 0 radical (unpaired) electrons. The van der Waals surface area contributed by atoms with Crippen molar-refractivity contribution in [2.24, 2.45) is 0 Å². The topological polar surface area (TPSA) is 80.9 Å². The second kappa shape index (κ2) is 5.50. The molecule has 0 spiro atoms. The number of hydrogen-bond donors (Lipinski definition) is 2. The minimum Gasteiger partial charge on any atom is -0.398 e. The lowest BCUT2D eigenvalue weighted by molar-refractivity contribution is 0.0963. The van der Waals surface area contributed by atoms with E-state index in [1.165, 1.54) is 11.8 Å². The molecule has 3 N–H and O–H groups in total. The molecule has 0 atom stereocenters. The molecule has 92 valence electrons. The monoisotopic (exact) mass is 260 g/mol. The van der Waals surface area contributed by atoms with Crippen LogP contribution in [0.3, 0.4) is 0 Å². The number of hydrogen-bond acceptors (Lipinski definition) is 5. The Labute approximate surface area is 109 Å². The van der Waals surface area contributed by atoms with Crippen LogP contribution in [0.15, 0.2) is 46.7 Å². The molecule has 0 bridgehead atoms. The van der Waals surface area contributed by atoms with Crippen molar-refractivity contribution >= 4 is 23.4 Å². The molecule has 1 aromatic heterocycles. The Bertz CT molecular complexity index is 559. The Morgan fingerprint density at radius 3 is 2.67 bits per heavy atom. The number of carbonyl (C=O) groups excluding carboxylic acids is 1. The number of anilines is 1. The van der Waals surface area contributed by atoms with E-state index in [9.17, 15) is 4.79 Å². The zero-order valence-corrected chi connectivity index (χ0v) is 10.6. The van der Waals surface area contributed by atoms with Crippen molar-refractivity contribution in [3.63, 3.8) is 0 Å². The van der Waals surface area contributed by atoms with Gasteiger partial charge in [-0.2, -0.15) is 0 Å². The fourth-order valence-electron chi connectivity index (χ4n) is 1.36. The van der Waals surface area contributed by atoms with E-state index >= 15 is 0 Å². The van der Waals surface area contributed by atoms with Crippen LogP contribution < -0.4 is 11.1 Å². The Morgan fingerprint density at radius 2 is 2.06 bits per heavy atom. The molecule has 0 fully saturated rings. The quantitative estimate of drug-likeness (QED) is 0.646. The predicted molar refractivity (Wildman–Crippen MR) is 70.4 cm³/mol. The van der Waals surface area contributed by atoms with E-state index in [1.807, 2.05) is 0 Å². The van der Waals surface area contributed by atoms with Crippen molar-refractivity contribution in [2.45, 2.75) is 10.1 Å². The molecule has 1 amide bonds. The van der Waals surface area contributed by atoms with Gasteiger partial charge in [0.15, 0.2) is 5.16 Å². The molecule has 2 aromatic rings. The van der Waals surface area contributed by atoms with Crippen molar-refractivity contribution in [1.82, 2.24) is 15.3 Å². The lowest BCUT2D eigenvalue weighted by Crippen LogP contribution is -2.17. The lowest BCUT2D eigenvalue weighted by atomic mass is 10.2. The molecular formula is C12H12N4OS. The van der Waals surface area contributed by atoms with E-state index < -0.39 is 0 Å². The Balaban J connectivity index is 2.23. The number of nitrogens with zero attached hydrogens (tertiary/aromatic N) is 2. The molecule has 5 nitrogen and oxygen atoms in total. The summed E-state index contributed by atoms with van der Waals surface area (Å²) in [5, 5.41) is 3.17. The molecule has 0 unspecified atom stereocenters. The van der Waals surface area contributed by atoms with Gasteiger partial charge in [0.2, 0.25) is 0 Å². The summed E-state index contributed by atoms with van der Waals surface area (Å²) in [7, 11) is 1.58. The highest BCUT2D eigenvalue weighted by Gasteiger charge is 2.08. The van der Waals surface area contributed by atoms with Crippen LogP contribution in [0.1, 0.15) is 10.4 Å². The second-order valence-electron chi connectivity index (χ2n) is 3.47. The number of nitrogens with one attached hydrogen (secondary N) is 1. The summed E-state index contributed by atoms with van der Waals surface area (Å²) >= 11 is 1.36. The first kappa shape index (κ1) is 12.4. The first-order valence-corrected chi connectivity index (χ1v) is 6.09. The van der Waals surface area contributed by atoms with Gasteiger partial charge in [0.25, 0.3) is 5.91 Å². The van der Waals surface area contributed by atoms with Gasteiger partial charge in [0, 0.05) is 35.6 Å². The molecule has 6 heteroatoms. The highest BCUT2D eigenvalue weighted by Crippen LogP contribution is 2.29. The Morgan fingerprint density at radius 1 is 1.33 bits per heavy atom. The van der Waals surface area contributed by atoms with Crippen LogP contribution in [-0.2, 0) is 0 Å². The minimum atomic E-state index is -0.158. The van der Waals surface area contributed by atoms with E-state index in [1.54, 1.807) is 43.7 Å². The van der Waals surface area contributed by atoms with E-state index in [2.05, 4.69) is 15.3 Å². The summed E-state index contributed by atoms with van der Waals surface area (Å²) in [5.41, 5.74) is 6.98. The third-order valence-corrected chi connectivity index (χ3v) is 3.23. The van der Waals surface area contributed by atoms with Crippen molar-refractivity contribution in [2.75, 3.05) is 12.8 Å². The van der Waals surface area contributed by atoms with Crippen molar-refractivity contribution in [1.29, 1.82) is 0 Å². The highest BCUT2D eigenvalue weighted by atomic mass is 32.2. The van der Waals surface area contributed by atoms with E-state index in [0.717, 1.165) is 4.90 Å². The maximum absolute atomic E-state index is 11.4. The van der Waals surface area contributed by atoms with Crippen molar-refractivity contribution < 1.29 is 4.79 Å². The number of carbonyl (C=O) groups is 1. The molecule has 0 saturated heterocycles. The summed E-state index contributed by atoms with van der Waals surface area (Å²) in [5.74, 6) is -0.158. The number of benzene rings is 1. The maximum Gasteiger partial charge on any atom is 0.251 e. The van der Waals surface area contributed by atoms with Gasteiger partial charge in [-0.3, -0.25) is 4.79 Å². The third kappa shape index (κ3) is 2.78. The van der Waals surface area contributed by atoms with Crippen LogP contribution in [0, 0.1) is 0 Å². The fourth-order valence-corrected chi connectivity index (χ4v) is 2.10. The standard InChI is InChI=1S/C12H12N4OS/c1-14-11(17)8-3-4-10(9(13)7-8)18-12-15-5-2-6-16-12/h2-7H,13H2,1H3,(H,14,17).